The minimum atomic E-state index is -3.06. The Bertz CT molecular complexity index is 1400. The number of carbonyl (C=O) groups excluding carboxylic acids is 1. The van der Waals surface area contributed by atoms with E-state index in [9.17, 15) is 13.2 Å². The predicted octanol–water partition coefficient (Wildman–Crippen LogP) is 3.81. The van der Waals surface area contributed by atoms with Crippen LogP contribution in [0.4, 0.5) is 5.82 Å². The molecule has 4 aromatic rings. The maximum absolute atomic E-state index is 13.1. The van der Waals surface area contributed by atoms with Gasteiger partial charge in [-0.15, -0.1) is 0 Å². The fourth-order valence-electron chi connectivity index (χ4n) is 4.41. The second-order valence-corrected chi connectivity index (χ2v) is 10.5. The molecule has 1 fully saturated rings. The lowest BCUT2D eigenvalue weighted by Crippen LogP contribution is -2.23. The third-order valence-corrected chi connectivity index (χ3v) is 7.61. The molecule has 2 aromatic carbocycles. The van der Waals surface area contributed by atoms with Crippen molar-refractivity contribution in [3.05, 3.63) is 72.4 Å². The van der Waals surface area contributed by atoms with Crippen LogP contribution in [-0.4, -0.2) is 40.2 Å². The van der Waals surface area contributed by atoms with Gasteiger partial charge >= 0.3 is 0 Å². The van der Waals surface area contributed by atoms with Crippen LogP contribution in [0.5, 0.6) is 0 Å². The molecule has 1 aliphatic rings. The summed E-state index contributed by atoms with van der Waals surface area (Å²) in [5.74, 6) is 0.551. The summed E-state index contributed by atoms with van der Waals surface area (Å²) in [5.41, 5.74) is 3.72. The first-order chi connectivity index (χ1) is 15.4. The number of hydrogen-bond donors (Lipinski definition) is 1. The van der Waals surface area contributed by atoms with E-state index in [1.807, 2.05) is 66.1 Å². The molecule has 0 bridgehead atoms. The lowest BCUT2D eigenvalue weighted by molar-refractivity contribution is -0.116. The molecule has 3 heterocycles. The molecule has 0 spiro atoms. The number of hydrogen-bond acceptors (Lipinski definition) is 4. The highest BCUT2D eigenvalue weighted by Gasteiger charge is 2.31. The molecule has 0 aliphatic carbocycles. The first kappa shape index (κ1) is 20.5. The average Bonchev–Trinajstić information content (AvgIpc) is 3.43. The van der Waals surface area contributed by atoms with Crippen molar-refractivity contribution >= 4 is 32.5 Å². The number of anilines is 1. The minimum Gasteiger partial charge on any atom is -0.331 e. The van der Waals surface area contributed by atoms with Gasteiger partial charge in [-0.25, -0.2) is 13.1 Å². The summed E-state index contributed by atoms with van der Waals surface area (Å²) >= 11 is 0. The Balaban J connectivity index is 1.45. The molecular weight excluding hydrogens is 424 g/mol. The zero-order valence-electron chi connectivity index (χ0n) is 17.7. The van der Waals surface area contributed by atoms with Gasteiger partial charge in [0.25, 0.3) is 0 Å². The number of nitrogens with zero attached hydrogens (tertiary/aromatic N) is 3. The molecule has 0 saturated carbocycles. The van der Waals surface area contributed by atoms with Gasteiger partial charge in [-0.1, -0.05) is 48.5 Å². The van der Waals surface area contributed by atoms with E-state index < -0.39 is 9.84 Å². The Hall–Kier alpha value is -3.39. The van der Waals surface area contributed by atoms with E-state index in [-0.39, 0.29) is 30.0 Å². The molecule has 1 atom stereocenters. The van der Waals surface area contributed by atoms with Crippen molar-refractivity contribution in [1.82, 2.24) is 14.3 Å². The van der Waals surface area contributed by atoms with Crippen LogP contribution >= 0.6 is 0 Å². The maximum atomic E-state index is 13.1. The molecule has 1 amide bonds. The summed E-state index contributed by atoms with van der Waals surface area (Å²) in [6.07, 6.45) is 0.507. The highest BCUT2D eigenvalue weighted by atomic mass is 32.2. The number of rotatable bonds is 5. The molecule has 0 radical (unpaired) electrons. The smallest absolute Gasteiger partial charge is 0.245 e. The number of aryl methyl sites for hydroxylation is 1. The number of sulfone groups is 1. The van der Waals surface area contributed by atoms with E-state index in [1.54, 1.807) is 10.7 Å². The molecule has 1 N–H and O–H groups in total. The van der Waals surface area contributed by atoms with Crippen LogP contribution in [0.3, 0.4) is 0 Å². The summed E-state index contributed by atoms with van der Waals surface area (Å²) in [6.45, 7) is 1.97. The van der Waals surface area contributed by atoms with Gasteiger partial charge in [0.1, 0.15) is 12.4 Å². The topological polar surface area (TPSA) is 86.0 Å². The van der Waals surface area contributed by atoms with Gasteiger partial charge in [0.05, 0.1) is 23.2 Å². The fourth-order valence-corrected chi connectivity index (χ4v) is 6.10. The summed E-state index contributed by atoms with van der Waals surface area (Å²) in [4.78, 5) is 13.1. The van der Waals surface area contributed by atoms with Gasteiger partial charge in [0.2, 0.25) is 5.91 Å². The van der Waals surface area contributed by atoms with Crippen LogP contribution in [0.25, 0.3) is 22.2 Å². The summed E-state index contributed by atoms with van der Waals surface area (Å²) in [6, 6.07) is 21.6. The van der Waals surface area contributed by atoms with Gasteiger partial charge in [0.15, 0.2) is 9.84 Å². The molecule has 5 rings (SSSR count). The van der Waals surface area contributed by atoms with Crippen LogP contribution in [0.1, 0.15) is 18.2 Å². The van der Waals surface area contributed by atoms with E-state index in [2.05, 4.69) is 16.5 Å². The zero-order chi connectivity index (χ0) is 22.3. The van der Waals surface area contributed by atoms with Crippen molar-refractivity contribution in [3.8, 4) is 11.3 Å². The Morgan fingerprint density at radius 3 is 2.59 bits per heavy atom. The van der Waals surface area contributed by atoms with Crippen LogP contribution in [0.2, 0.25) is 0 Å². The van der Waals surface area contributed by atoms with Crippen molar-refractivity contribution in [1.29, 1.82) is 0 Å². The van der Waals surface area contributed by atoms with Gasteiger partial charge in [-0.3, -0.25) is 4.79 Å². The number of fused-ring (bicyclic) bond motifs is 1. The first-order valence-corrected chi connectivity index (χ1v) is 12.4. The highest BCUT2D eigenvalue weighted by molar-refractivity contribution is 7.91. The number of nitrogens with one attached hydrogen (secondary N) is 1. The Labute approximate surface area is 186 Å². The number of benzene rings is 2. The van der Waals surface area contributed by atoms with E-state index >= 15 is 0 Å². The quantitative estimate of drug-likeness (QED) is 0.503. The number of amides is 1. The Kier molecular flexibility index (Phi) is 5.09. The lowest BCUT2D eigenvalue weighted by Gasteiger charge is -2.15. The van der Waals surface area contributed by atoms with E-state index in [0.29, 0.717) is 12.2 Å². The fraction of sp³-hybridized carbons (Fsp3) is 0.250. The van der Waals surface area contributed by atoms with Gasteiger partial charge < -0.3 is 9.88 Å². The van der Waals surface area contributed by atoms with Crippen molar-refractivity contribution < 1.29 is 13.2 Å². The summed E-state index contributed by atoms with van der Waals surface area (Å²) in [5, 5.41) is 8.48. The predicted molar refractivity (Wildman–Crippen MR) is 125 cm³/mol. The molecule has 7 nitrogen and oxygen atoms in total. The van der Waals surface area contributed by atoms with Crippen LogP contribution in [0, 0.1) is 6.92 Å². The van der Waals surface area contributed by atoms with E-state index in [1.165, 1.54) is 0 Å². The van der Waals surface area contributed by atoms with Crippen LogP contribution in [0.15, 0.2) is 66.7 Å². The molecule has 2 aromatic heterocycles. The van der Waals surface area contributed by atoms with Crippen molar-refractivity contribution in [3.63, 3.8) is 0 Å². The number of para-hydroxylation sites is 1. The number of carbonyl (C=O) groups is 1. The molecule has 164 valence electrons. The normalized spacial score (nSPS) is 17.6. The molecule has 0 unspecified atom stereocenters. The number of aromatic nitrogens is 3. The third-order valence-electron chi connectivity index (χ3n) is 5.86. The summed E-state index contributed by atoms with van der Waals surface area (Å²) in [7, 11) is -3.06. The van der Waals surface area contributed by atoms with Crippen molar-refractivity contribution in [2.45, 2.75) is 25.9 Å². The van der Waals surface area contributed by atoms with Crippen LogP contribution in [-0.2, 0) is 21.2 Å². The minimum absolute atomic E-state index is 0.0530. The monoisotopic (exact) mass is 448 g/mol. The summed E-state index contributed by atoms with van der Waals surface area (Å²) < 4.78 is 27.5. The second kappa shape index (κ2) is 7.94. The van der Waals surface area contributed by atoms with Crippen molar-refractivity contribution in [2.75, 3.05) is 16.8 Å². The average molecular weight is 449 g/mol. The van der Waals surface area contributed by atoms with E-state index in [4.69, 9.17) is 0 Å². The van der Waals surface area contributed by atoms with Gasteiger partial charge in [-0.05, 0) is 31.0 Å². The third kappa shape index (κ3) is 3.93. The Morgan fingerprint density at radius 1 is 1.09 bits per heavy atom. The standard InChI is InChI=1S/C24H24N4O3S/c1-17-13-23(28(26-17)20-11-12-32(30,31)16-20)25-24(29)15-27-21-10-6-5-9-19(21)14-22(27)18-7-3-2-4-8-18/h2-10,13-14,20H,11-12,15-16H2,1H3,(H,25,29)/t20-/m1/s1. The molecule has 8 heteroatoms. The maximum Gasteiger partial charge on any atom is 0.245 e. The lowest BCUT2D eigenvalue weighted by atomic mass is 10.1. The SMILES string of the molecule is Cc1cc(NC(=O)Cn2c(-c3ccccc3)cc3ccccc32)n([C@@H]2CCS(=O)(=O)C2)n1. The van der Waals surface area contributed by atoms with Gasteiger partial charge in [-0.2, -0.15) is 5.10 Å². The van der Waals surface area contributed by atoms with E-state index in [0.717, 1.165) is 27.9 Å². The largest absolute Gasteiger partial charge is 0.331 e. The zero-order valence-corrected chi connectivity index (χ0v) is 18.5. The molecule has 32 heavy (non-hydrogen) atoms. The van der Waals surface area contributed by atoms with Crippen molar-refractivity contribution in [2.24, 2.45) is 0 Å². The van der Waals surface area contributed by atoms with Crippen LogP contribution < -0.4 is 5.32 Å². The second-order valence-electron chi connectivity index (χ2n) is 8.26. The van der Waals surface area contributed by atoms with Gasteiger partial charge in [0, 0.05) is 22.7 Å². The molecule has 1 saturated heterocycles. The highest BCUT2D eigenvalue weighted by Crippen LogP contribution is 2.29. The molecular formula is C24H24N4O3S. The first-order valence-electron chi connectivity index (χ1n) is 10.6. The molecule has 1 aliphatic heterocycles. The Morgan fingerprint density at radius 2 is 1.84 bits per heavy atom.